The Balaban J connectivity index is 2.36. The van der Waals surface area contributed by atoms with Gasteiger partial charge in [0.1, 0.15) is 5.60 Å². The van der Waals surface area contributed by atoms with Crippen LogP contribution in [0.1, 0.15) is 27.2 Å². The van der Waals surface area contributed by atoms with Gasteiger partial charge in [0.05, 0.1) is 12.1 Å². The van der Waals surface area contributed by atoms with E-state index in [-0.39, 0.29) is 6.04 Å². The van der Waals surface area contributed by atoms with Crippen LogP contribution in [0.4, 0.5) is 4.79 Å². The van der Waals surface area contributed by atoms with Crippen LogP contribution in [-0.2, 0) is 4.74 Å². The SMILES string of the molecule is CC(C)(C)OC(=O)N[C@H]1CNCC[C@@H]1O. The Labute approximate surface area is 90.2 Å². The molecule has 15 heavy (non-hydrogen) atoms. The lowest BCUT2D eigenvalue weighted by Crippen LogP contribution is -2.54. The minimum atomic E-state index is -0.503. The van der Waals surface area contributed by atoms with E-state index in [4.69, 9.17) is 4.74 Å². The zero-order valence-corrected chi connectivity index (χ0v) is 9.54. The second kappa shape index (κ2) is 4.81. The smallest absolute Gasteiger partial charge is 0.408 e. The third-order valence-electron chi connectivity index (χ3n) is 2.15. The second-order valence-corrected chi connectivity index (χ2v) is 4.81. The molecule has 1 saturated heterocycles. The van der Waals surface area contributed by atoms with Crippen molar-refractivity contribution in [2.45, 2.75) is 44.9 Å². The summed E-state index contributed by atoms with van der Waals surface area (Å²) in [5.74, 6) is 0. The van der Waals surface area contributed by atoms with Gasteiger partial charge in [-0.3, -0.25) is 0 Å². The Morgan fingerprint density at radius 3 is 2.73 bits per heavy atom. The van der Waals surface area contributed by atoms with Gasteiger partial charge in [0.2, 0.25) is 0 Å². The first-order valence-corrected chi connectivity index (χ1v) is 5.27. The Morgan fingerprint density at radius 1 is 1.53 bits per heavy atom. The van der Waals surface area contributed by atoms with E-state index >= 15 is 0 Å². The van der Waals surface area contributed by atoms with E-state index in [0.29, 0.717) is 13.0 Å². The normalized spacial score (nSPS) is 27.2. The minimum absolute atomic E-state index is 0.256. The molecule has 0 saturated carbocycles. The minimum Gasteiger partial charge on any atom is -0.444 e. The number of alkyl carbamates (subject to hydrolysis) is 1. The summed E-state index contributed by atoms with van der Waals surface area (Å²) in [6.45, 7) is 6.79. The zero-order valence-electron chi connectivity index (χ0n) is 9.54. The standard InChI is InChI=1S/C10H20N2O3/c1-10(2,3)15-9(14)12-7-6-11-5-4-8(7)13/h7-8,11,13H,4-6H2,1-3H3,(H,12,14)/t7-,8-/m0/s1. The third kappa shape index (κ3) is 4.48. The number of carbonyl (C=O) groups excluding carboxylic acids is 1. The summed E-state index contributed by atoms with van der Waals surface area (Å²) in [5, 5.41) is 15.4. The molecule has 0 aromatic carbocycles. The van der Waals surface area contributed by atoms with Gasteiger partial charge >= 0.3 is 6.09 Å². The molecule has 0 aliphatic carbocycles. The summed E-state index contributed by atoms with van der Waals surface area (Å²) in [5.41, 5.74) is -0.503. The van der Waals surface area contributed by atoms with Gasteiger partial charge in [0.25, 0.3) is 0 Å². The van der Waals surface area contributed by atoms with E-state index in [0.717, 1.165) is 6.54 Å². The number of amides is 1. The Bertz CT molecular complexity index is 225. The molecule has 0 aromatic heterocycles. The summed E-state index contributed by atoms with van der Waals surface area (Å²) in [6, 6.07) is -0.256. The van der Waals surface area contributed by atoms with E-state index in [1.54, 1.807) is 0 Å². The molecule has 2 atom stereocenters. The molecule has 1 rings (SSSR count). The molecule has 88 valence electrons. The fraction of sp³-hybridized carbons (Fsp3) is 0.900. The predicted molar refractivity (Wildman–Crippen MR) is 56.7 cm³/mol. The van der Waals surface area contributed by atoms with Crippen LogP contribution in [0.2, 0.25) is 0 Å². The molecule has 5 heteroatoms. The first-order chi connectivity index (χ1) is 6.88. The van der Waals surface area contributed by atoms with Crippen LogP contribution in [0.5, 0.6) is 0 Å². The quantitative estimate of drug-likeness (QED) is 0.587. The van der Waals surface area contributed by atoms with E-state index in [2.05, 4.69) is 10.6 Å². The van der Waals surface area contributed by atoms with Crippen molar-refractivity contribution < 1.29 is 14.6 Å². The van der Waals surface area contributed by atoms with Gasteiger partial charge in [-0.2, -0.15) is 0 Å². The highest BCUT2D eigenvalue weighted by molar-refractivity contribution is 5.68. The largest absolute Gasteiger partial charge is 0.444 e. The molecule has 0 bridgehead atoms. The topological polar surface area (TPSA) is 70.6 Å². The number of piperidine rings is 1. The molecule has 1 fully saturated rings. The lowest BCUT2D eigenvalue weighted by atomic mass is 10.0. The number of rotatable bonds is 1. The molecule has 1 aliphatic heterocycles. The van der Waals surface area contributed by atoms with Gasteiger partial charge in [-0.15, -0.1) is 0 Å². The number of hydrogen-bond acceptors (Lipinski definition) is 4. The van der Waals surface area contributed by atoms with Crippen LogP contribution in [0, 0.1) is 0 Å². The lowest BCUT2D eigenvalue weighted by Gasteiger charge is -2.30. The third-order valence-corrected chi connectivity index (χ3v) is 2.15. The fourth-order valence-corrected chi connectivity index (χ4v) is 1.45. The maximum absolute atomic E-state index is 11.4. The van der Waals surface area contributed by atoms with Gasteiger partial charge in [0, 0.05) is 6.54 Å². The van der Waals surface area contributed by atoms with Crippen LogP contribution >= 0.6 is 0 Å². The van der Waals surface area contributed by atoms with Crippen LogP contribution in [0.3, 0.4) is 0 Å². The summed E-state index contributed by atoms with van der Waals surface area (Å²) >= 11 is 0. The number of aliphatic hydroxyl groups excluding tert-OH is 1. The average molecular weight is 216 g/mol. The van der Waals surface area contributed by atoms with Gasteiger partial charge < -0.3 is 20.5 Å². The van der Waals surface area contributed by atoms with Crippen LogP contribution in [0.15, 0.2) is 0 Å². The van der Waals surface area contributed by atoms with Gasteiger partial charge in [-0.25, -0.2) is 4.79 Å². The van der Waals surface area contributed by atoms with Crippen molar-refractivity contribution >= 4 is 6.09 Å². The van der Waals surface area contributed by atoms with Crippen LogP contribution < -0.4 is 10.6 Å². The fourth-order valence-electron chi connectivity index (χ4n) is 1.45. The van der Waals surface area contributed by atoms with Crippen molar-refractivity contribution in [1.29, 1.82) is 0 Å². The molecule has 0 radical (unpaired) electrons. The lowest BCUT2D eigenvalue weighted by molar-refractivity contribution is 0.0383. The molecule has 5 nitrogen and oxygen atoms in total. The number of ether oxygens (including phenoxy) is 1. The maximum atomic E-state index is 11.4. The van der Waals surface area contributed by atoms with E-state index < -0.39 is 17.8 Å². The van der Waals surface area contributed by atoms with Crippen molar-refractivity contribution in [2.75, 3.05) is 13.1 Å². The molecule has 0 aromatic rings. The Kier molecular flexibility index (Phi) is 3.93. The molecular weight excluding hydrogens is 196 g/mol. The maximum Gasteiger partial charge on any atom is 0.408 e. The summed E-state index contributed by atoms with van der Waals surface area (Å²) in [4.78, 5) is 11.4. The molecule has 1 aliphatic rings. The van der Waals surface area contributed by atoms with E-state index in [1.165, 1.54) is 0 Å². The van der Waals surface area contributed by atoms with E-state index in [9.17, 15) is 9.90 Å². The van der Waals surface area contributed by atoms with Crippen LogP contribution in [-0.4, -0.2) is 42.0 Å². The first-order valence-electron chi connectivity index (χ1n) is 5.27. The summed E-state index contributed by atoms with van der Waals surface area (Å²) in [6.07, 6.45) is -0.311. The van der Waals surface area contributed by atoms with Crippen molar-refractivity contribution in [3.63, 3.8) is 0 Å². The highest BCUT2D eigenvalue weighted by atomic mass is 16.6. The molecular formula is C10H20N2O3. The molecule has 0 unspecified atom stereocenters. The molecule has 3 N–H and O–H groups in total. The summed E-state index contributed by atoms with van der Waals surface area (Å²) < 4.78 is 5.10. The zero-order chi connectivity index (χ0) is 11.5. The monoisotopic (exact) mass is 216 g/mol. The van der Waals surface area contributed by atoms with Gasteiger partial charge in [0.15, 0.2) is 0 Å². The van der Waals surface area contributed by atoms with Crippen LogP contribution in [0.25, 0.3) is 0 Å². The van der Waals surface area contributed by atoms with Gasteiger partial charge in [-0.1, -0.05) is 0 Å². The highest BCUT2D eigenvalue weighted by Gasteiger charge is 2.26. The molecule has 1 amide bonds. The number of nitrogens with one attached hydrogen (secondary N) is 2. The highest BCUT2D eigenvalue weighted by Crippen LogP contribution is 2.08. The average Bonchev–Trinajstić information content (AvgIpc) is 2.05. The van der Waals surface area contributed by atoms with Gasteiger partial charge in [-0.05, 0) is 33.7 Å². The van der Waals surface area contributed by atoms with Crippen molar-refractivity contribution in [3.8, 4) is 0 Å². The Hall–Kier alpha value is -0.810. The number of hydrogen-bond donors (Lipinski definition) is 3. The van der Waals surface area contributed by atoms with Crippen molar-refractivity contribution in [3.05, 3.63) is 0 Å². The first kappa shape index (κ1) is 12.3. The van der Waals surface area contributed by atoms with E-state index in [1.807, 2.05) is 20.8 Å². The number of carbonyl (C=O) groups is 1. The number of aliphatic hydroxyl groups is 1. The van der Waals surface area contributed by atoms with Crippen molar-refractivity contribution in [2.24, 2.45) is 0 Å². The Morgan fingerprint density at radius 2 is 2.20 bits per heavy atom. The molecule has 0 spiro atoms. The second-order valence-electron chi connectivity index (χ2n) is 4.81. The molecule has 1 heterocycles. The summed E-state index contributed by atoms with van der Waals surface area (Å²) in [7, 11) is 0. The van der Waals surface area contributed by atoms with Crippen molar-refractivity contribution in [1.82, 2.24) is 10.6 Å². The predicted octanol–water partition coefficient (Wildman–Crippen LogP) is 0.234.